The van der Waals surface area contributed by atoms with Crippen molar-refractivity contribution in [3.8, 4) is 23.0 Å². The van der Waals surface area contributed by atoms with Crippen LogP contribution < -0.4 is 9.47 Å². The van der Waals surface area contributed by atoms with Crippen molar-refractivity contribution in [1.29, 1.82) is 0 Å². The van der Waals surface area contributed by atoms with E-state index in [1.807, 2.05) is 6.92 Å². The lowest BCUT2D eigenvalue weighted by Crippen LogP contribution is -2.06. The number of carbonyl (C=O) groups excluding carboxylic acids is 2. The van der Waals surface area contributed by atoms with Gasteiger partial charge in [0.1, 0.15) is 0 Å². The van der Waals surface area contributed by atoms with E-state index in [4.69, 9.17) is 24.1 Å². The van der Waals surface area contributed by atoms with Crippen molar-refractivity contribution >= 4 is 23.7 Å². The van der Waals surface area contributed by atoms with Crippen LogP contribution in [0.15, 0.2) is 48.6 Å². The largest absolute Gasteiger partial charge is 0.504 e. The Labute approximate surface area is 211 Å². The first-order valence-electron chi connectivity index (χ1n) is 11.3. The molecule has 2 aromatic carbocycles. The van der Waals surface area contributed by atoms with Crippen molar-refractivity contribution in [2.24, 2.45) is 0 Å². The van der Waals surface area contributed by atoms with Crippen LogP contribution in [-0.4, -0.2) is 74.1 Å². The summed E-state index contributed by atoms with van der Waals surface area (Å²) in [5, 5.41) is 27.3. The topological polar surface area (TPSA) is 132 Å². The van der Waals surface area contributed by atoms with Gasteiger partial charge in [-0.1, -0.05) is 24.3 Å². The number of phenols is 2. The molecule has 0 bridgehead atoms. The van der Waals surface area contributed by atoms with Crippen LogP contribution in [0.3, 0.4) is 0 Å². The maximum Gasteiger partial charge on any atom is 0.163 e. The minimum absolute atomic E-state index is 0.00662. The predicted octanol–water partition coefficient (Wildman–Crippen LogP) is 3.40. The summed E-state index contributed by atoms with van der Waals surface area (Å²) in [5.74, 6) is -0.0832. The van der Waals surface area contributed by atoms with Crippen LogP contribution in [0.25, 0.3) is 12.2 Å². The Bertz CT molecular complexity index is 933. The average molecular weight is 503 g/mol. The van der Waals surface area contributed by atoms with Crippen molar-refractivity contribution in [2.75, 3.05) is 47.3 Å². The fourth-order valence-corrected chi connectivity index (χ4v) is 2.69. The molecule has 0 aliphatic carbocycles. The lowest BCUT2D eigenvalue weighted by Gasteiger charge is -2.03. The Morgan fingerprint density at radius 1 is 0.778 bits per heavy atom. The molecule has 3 N–H and O–H groups in total. The van der Waals surface area contributed by atoms with Crippen LogP contribution in [0.2, 0.25) is 0 Å². The molecule has 2 aromatic rings. The monoisotopic (exact) mass is 502 g/mol. The van der Waals surface area contributed by atoms with Crippen LogP contribution in [0.1, 0.15) is 24.5 Å². The number of ketones is 2. The van der Waals surface area contributed by atoms with Crippen molar-refractivity contribution in [3.05, 3.63) is 59.7 Å². The van der Waals surface area contributed by atoms with E-state index in [9.17, 15) is 19.8 Å². The number of methoxy groups -OCH3 is 2. The van der Waals surface area contributed by atoms with Gasteiger partial charge in [0, 0.05) is 6.61 Å². The van der Waals surface area contributed by atoms with Gasteiger partial charge in [0.2, 0.25) is 0 Å². The first-order chi connectivity index (χ1) is 17.3. The van der Waals surface area contributed by atoms with E-state index in [2.05, 4.69) is 0 Å². The maximum absolute atomic E-state index is 11.9. The molecule has 0 atom stereocenters. The first kappa shape index (κ1) is 30.4. The Balaban J connectivity index is 0.000000613. The number of ether oxygens (including phenoxy) is 4. The lowest BCUT2D eigenvalue weighted by atomic mass is 10.1. The van der Waals surface area contributed by atoms with Crippen molar-refractivity contribution < 1.29 is 43.9 Å². The highest BCUT2D eigenvalue weighted by Gasteiger charge is 2.06. The van der Waals surface area contributed by atoms with Gasteiger partial charge in [-0.2, -0.15) is 0 Å². The van der Waals surface area contributed by atoms with Crippen LogP contribution in [0.5, 0.6) is 23.0 Å². The van der Waals surface area contributed by atoms with Crippen LogP contribution in [-0.2, 0) is 19.1 Å². The zero-order chi connectivity index (χ0) is 26.8. The van der Waals surface area contributed by atoms with E-state index in [0.29, 0.717) is 42.4 Å². The molecule has 36 heavy (non-hydrogen) atoms. The molecule has 0 aliphatic rings. The van der Waals surface area contributed by atoms with E-state index in [1.54, 1.807) is 36.4 Å². The number of hydrogen-bond acceptors (Lipinski definition) is 9. The summed E-state index contributed by atoms with van der Waals surface area (Å²) in [6.45, 7) is 4.36. The third-order valence-corrected chi connectivity index (χ3v) is 4.49. The van der Waals surface area contributed by atoms with Crippen molar-refractivity contribution in [1.82, 2.24) is 0 Å². The maximum atomic E-state index is 11.9. The Morgan fingerprint density at radius 3 is 1.67 bits per heavy atom. The highest BCUT2D eigenvalue weighted by atomic mass is 16.5. The second kappa shape index (κ2) is 17.7. The molecule has 0 amide bonds. The number of aliphatic hydroxyl groups is 1. The van der Waals surface area contributed by atoms with Gasteiger partial charge in [0.25, 0.3) is 0 Å². The van der Waals surface area contributed by atoms with Gasteiger partial charge in [0.05, 0.1) is 47.1 Å². The summed E-state index contributed by atoms with van der Waals surface area (Å²) in [7, 11) is 2.87. The van der Waals surface area contributed by atoms with Gasteiger partial charge in [-0.05, 0) is 54.5 Å². The molecule has 0 aromatic heterocycles. The highest BCUT2D eigenvalue weighted by molar-refractivity contribution is 6.10. The molecule has 0 aliphatic heterocycles. The second-order valence-electron chi connectivity index (χ2n) is 7.17. The number of carbonyl (C=O) groups is 2. The summed E-state index contributed by atoms with van der Waals surface area (Å²) in [6.07, 6.45) is 5.44. The molecule has 9 heteroatoms. The van der Waals surface area contributed by atoms with E-state index >= 15 is 0 Å². The Morgan fingerprint density at radius 2 is 1.25 bits per heavy atom. The fourth-order valence-electron chi connectivity index (χ4n) is 2.69. The molecule has 0 saturated heterocycles. The summed E-state index contributed by atoms with van der Waals surface area (Å²) >= 11 is 0. The quantitative estimate of drug-likeness (QED) is 0.202. The number of hydrogen-bond donors (Lipinski definition) is 3. The van der Waals surface area contributed by atoms with Gasteiger partial charge in [-0.15, -0.1) is 0 Å². The minimum atomic E-state index is -0.347. The number of phenolic OH excluding ortho intramolecular Hbond substituents is 2. The van der Waals surface area contributed by atoms with Crippen LogP contribution in [0.4, 0.5) is 0 Å². The smallest absolute Gasteiger partial charge is 0.163 e. The zero-order valence-electron chi connectivity index (χ0n) is 20.8. The van der Waals surface area contributed by atoms with Crippen LogP contribution in [0, 0.1) is 0 Å². The summed E-state index contributed by atoms with van der Waals surface area (Å²) < 4.78 is 19.9. The molecular formula is C27H34O9. The number of benzene rings is 2. The minimum Gasteiger partial charge on any atom is -0.504 e. The van der Waals surface area contributed by atoms with Gasteiger partial charge in [-0.25, -0.2) is 0 Å². The summed E-state index contributed by atoms with van der Waals surface area (Å²) in [6, 6.07) is 9.34. The summed E-state index contributed by atoms with van der Waals surface area (Å²) in [4.78, 5) is 23.9. The number of aromatic hydroxyl groups is 2. The van der Waals surface area contributed by atoms with Gasteiger partial charge < -0.3 is 34.3 Å². The second-order valence-corrected chi connectivity index (χ2v) is 7.17. The molecule has 9 nitrogen and oxygen atoms in total. The van der Waals surface area contributed by atoms with E-state index in [1.165, 1.54) is 38.5 Å². The molecule has 196 valence electrons. The normalized spacial score (nSPS) is 10.8. The lowest BCUT2D eigenvalue weighted by molar-refractivity contribution is -0.121. The molecule has 0 heterocycles. The first-order valence-corrected chi connectivity index (χ1v) is 11.3. The van der Waals surface area contributed by atoms with E-state index in [0.717, 1.165) is 6.61 Å². The molecule has 0 fully saturated rings. The molecular weight excluding hydrogens is 468 g/mol. The Kier molecular flexibility index (Phi) is 15.0. The SMILES string of the molecule is CCOCCOCCO.COc1cc(/C=C/C(=O)CC(=O)/C=C/c2ccc(O)c(OC)c2)ccc1O. The van der Waals surface area contributed by atoms with E-state index < -0.39 is 0 Å². The van der Waals surface area contributed by atoms with Crippen LogP contribution >= 0.6 is 0 Å². The number of allylic oxidation sites excluding steroid dienone is 2. The highest BCUT2D eigenvalue weighted by Crippen LogP contribution is 2.27. The number of rotatable bonds is 14. The van der Waals surface area contributed by atoms with Crippen molar-refractivity contribution in [3.63, 3.8) is 0 Å². The fraction of sp³-hybridized carbons (Fsp3) is 0.333. The van der Waals surface area contributed by atoms with Gasteiger partial charge >= 0.3 is 0 Å². The van der Waals surface area contributed by atoms with E-state index in [-0.39, 0.29) is 36.1 Å². The Hall–Kier alpha value is -3.66. The standard InChI is InChI=1S/C21H20O6.C6H14O3/c1-26-20-11-14(5-9-18(20)24)3-7-16(22)13-17(23)8-4-15-6-10-19(25)21(12-15)27-2;1-2-8-5-6-9-4-3-7/h3-12,24-25H,13H2,1-2H3;7H,2-6H2,1H3/b7-3+,8-4+;. The molecule has 0 saturated carbocycles. The summed E-state index contributed by atoms with van der Waals surface area (Å²) in [5.41, 5.74) is 1.33. The predicted molar refractivity (Wildman–Crippen MR) is 136 cm³/mol. The van der Waals surface area contributed by atoms with Crippen molar-refractivity contribution in [2.45, 2.75) is 13.3 Å². The average Bonchev–Trinajstić information content (AvgIpc) is 2.88. The molecule has 2 rings (SSSR count). The molecule has 0 spiro atoms. The third-order valence-electron chi connectivity index (χ3n) is 4.49. The third kappa shape index (κ3) is 12.2. The molecule has 0 unspecified atom stereocenters. The van der Waals surface area contributed by atoms with Gasteiger partial charge in [0.15, 0.2) is 34.6 Å². The number of aliphatic hydroxyl groups excluding tert-OH is 1. The molecule has 0 radical (unpaired) electrons. The van der Waals surface area contributed by atoms with Gasteiger partial charge in [-0.3, -0.25) is 9.59 Å². The zero-order valence-corrected chi connectivity index (χ0v) is 20.8.